The summed E-state index contributed by atoms with van der Waals surface area (Å²) in [5.74, 6) is 0.0878. The lowest BCUT2D eigenvalue weighted by atomic mass is 9.82. The maximum absolute atomic E-state index is 13.8. The van der Waals surface area contributed by atoms with Crippen LogP contribution in [0.25, 0.3) is 22.2 Å². The van der Waals surface area contributed by atoms with Gasteiger partial charge in [-0.15, -0.1) is 0 Å². The highest BCUT2D eigenvalue weighted by molar-refractivity contribution is 6.00. The number of rotatable bonds is 10. The molecule has 1 aliphatic carbocycles. The number of aromatic nitrogens is 3. The molecule has 0 radical (unpaired) electrons. The normalized spacial score (nSPS) is 17.6. The van der Waals surface area contributed by atoms with Crippen LogP contribution >= 0.6 is 0 Å². The number of nitrogens with one attached hydrogen (secondary N) is 3. The summed E-state index contributed by atoms with van der Waals surface area (Å²) in [5, 5.41) is 6.91. The van der Waals surface area contributed by atoms with Crippen LogP contribution in [0, 0.1) is 5.82 Å². The van der Waals surface area contributed by atoms with Crippen LogP contribution in [0.2, 0.25) is 0 Å². The van der Waals surface area contributed by atoms with Crippen LogP contribution in [-0.2, 0) is 16.8 Å². The van der Waals surface area contributed by atoms with Crippen LogP contribution in [0.1, 0.15) is 59.9 Å². The molecule has 0 unspecified atom stereocenters. The highest BCUT2D eigenvalue weighted by Crippen LogP contribution is 2.45. The SMILES string of the molecule is C[C@H](CNC(=O)c1cc(OC2CC2)c2ncccc2c1)c1cc2c(c(-c3ccc(F)cc3)n1)OC[C@]2(C)C(=O)NCc1ccc[nH]1. The van der Waals surface area contributed by atoms with Crippen molar-refractivity contribution in [2.24, 2.45) is 0 Å². The Morgan fingerprint density at radius 3 is 2.70 bits per heavy atom. The van der Waals surface area contributed by atoms with Crippen LogP contribution in [0.4, 0.5) is 4.39 Å². The van der Waals surface area contributed by atoms with Gasteiger partial charge in [-0.05, 0) is 80.4 Å². The molecular formula is C36H34FN5O4. The quantitative estimate of drug-likeness (QED) is 0.182. The van der Waals surface area contributed by atoms with E-state index in [1.165, 1.54) is 12.1 Å². The first-order valence-electron chi connectivity index (χ1n) is 15.5. The molecule has 2 atom stereocenters. The molecule has 46 heavy (non-hydrogen) atoms. The van der Waals surface area contributed by atoms with E-state index < -0.39 is 5.41 Å². The number of pyridine rings is 2. The van der Waals surface area contributed by atoms with Crippen molar-refractivity contribution < 1.29 is 23.5 Å². The van der Waals surface area contributed by atoms with E-state index in [9.17, 15) is 14.0 Å². The highest BCUT2D eigenvalue weighted by atomic mass is 19.1. The summed E-state index contributed by atoms with van der Waals surface area (Å²) in [6, 6.07) is 19.0. The van der Waals surface area contributed by atoms with Crippen molar-refractivity contribution in [2.75, 3.05) is 13.2 Å². The predicted molar refractivity (Wildman–Crippen MR) is 171 cm³/mol. The van der Waals surface area contributed by atoms with E-state index in [0.29, 0.717) is 46.1 Å². The van der Waals surface area contributed by atoms with Gasteiger partial charge in [-0.2, -0.15) is 0 Å². The number of carbonyl (C=O) groups excluding carboxylic acids is 2. The molecule has 4 heterocycles. The molecule has 2 amide bonds. The Balaban J connectivity index is 1.16. The summed E-state index contributed by atoms with van der Waals surface area (Å²) in [4.78, 5) is 39.5. The maximum Gasteiger partial charge on any atom is 0.251 e. The molecule has 0 saturated heterocycles. The summed E-state index contributed by atoms with van der Waals surface area (Å²) < 4.78 is 26.1. The Morgan fingerprint density at radius 2 is 1.93 bits per heavy atom. The molecule has 2 aliphatic rings. The van der Waals surface area contributed by atoms with Gasteiger partial charge in [0.2, 0.25) is 5.91 Å². The molecule has 7 rings (SSSR count). The number of hydrogen-bond acceptors (Lipinski definition) is 6. The van der Waals surface area contributed by atoms with Gasteiger partial charge in [0.05, 0.1) is 12.6 Å². The summed E-state index contributed by atoms with van der Waals surface area (Å²) >= 11 is 0. The highest BCUT2D eigenvalue weighted by Gasteiger charge is 2.45. The number of ether oxygens (including phenoxy) is 2. The predicted octanol–water partition coefficient (Wildman–Crippen LogP) is 5.81. The summed E-state index contributed by atoms with van der Waals surface area (Å²) in [7, 11) is 0. The average molecular weight is 620 g/mol. The minimum absolute atomic E-state index is 0.130. The molecule has 0 spiro atoms. The van der Waals surface area contributed by atoms with E-state index in [2.05, 4.69) is 20.6 Å². The number of H-pyrrole nitrogens is 1. The Morgan fingerprint density at radius 1 is 1.11 bits per heavy atom. The first kappa shape index (κ1) is 29.5. The van der Waals surface area contributed by atoms with Crippen molar-refractivity contribution in [1.29, 1.82) is 0 Å². The molecule has 3 N–H and O–H groups in total. The third-order valence-electron chi connectivity index (χ3n) is 8.64. The topological polar surface area (TPSA) is 118 Å². The van der Waals surface area contributed by atoms with Crippen LogP contribution in [0.15, 0.2) is 79.1 Å². The second kappa shape index (κ2) is 11.9. The Labute approximate surface area is 265 Å². The molecule has 5 aromatic rings. The number of halogens is 1. The first-order chi connectivity index (χ1) is 22.3. The lowest BCUT2D eigenvalue weighted by Crippen LogP contribution is -2.43. The number of aromatic amines is 1. The van der Waals surface area contributed by atoms with Crippen molar-refractivity contribution >= 4 is 22.7 Å². The molecule has 9 nitrogen and oxygen atoms in total. The zero-order valence-corrected chi connectivity index (χ0v) is 25.6. The summed E-state index contributed by atoms with van der Waals surface area (Å²) in [6.45, 7) is 4.58. The smallest absolute Gasteiger partial charge is 0.251 e. The number of amides is 2. The summed E-state index contributed by atoms with van der Waals surface area (Å²) in [5.41, 5.74) is 3.67. The molecule has 1 aliphatic heterocycles. The second-order valence-corrected chi connectivity index (χ2v) is 12.3. The van der Waals surface area contributed by atoms with Gasteiger partial charge in [-0.25, -0.2) is 9.37 Å². The van der Waals surface area contributed by atoms with E-state index in [1.54, 1.807) is 24.4 Å². The minimum atomic E-state index is -0.992. The number of carbonyl (C=O) groups is 2. The fourth-order valence-electron chi connectivity index (χ4n) is 5.69. The largest absolute Gasteiger partial charge is 0.489 e. The van der Waals surface area contributed by atoms with Gasteiger partial charge >= 0.3 is 0 Å². The number of nitrogens with zero attached hydrogens (tertiary/aromatic N) is 2. The van der Waals surface area contributed by atoms with Gasteiger partial charge in [0.15, 0.2) is 0 Å². The molecule has 3 aromatic heterocycles. The number of fused-ring (bicyclic) bond motifs is 2. The van der Waals surface area contributed by atoms with Gasteiger partial charge in [-0.3, -0.25) is 14.6 Å². The molecule has 1 saturated carbocycles. The Hall–Kier alpha value is -5.25. The van der Waals surface area contributed by atoms with Crippen molar-refractivity contribution in [3.63, 3.8) is 0 Å². The van der Waals surface area contributed by atoms with E-state index in [4.69, 9.17) is 14.5 Å². The van der Waals surface area contributed by atoms with Crippen LogP contribution < -0.4 is 20.1 Å². The van der Waals surface area contributed by atoms with Crippen LogP contribution in [0.5, 0.6) is 11.5 Å². The summed E-state index contributed by atoms with van der Waals surface area (Å²) in [6.07, 6.45) is 5.68. The molecular weight excluding hydrogens is 585 g/mol. The van der Waals surface area contributed by atoms with E-state index in [-0.39, 0.29) is 42.8 Å². The van der Waals surface area contributed by atoms with E-state index in [1.807, 2.05) is 56.4 Å². The number of benzene rings is 2. The van der Waals surface area contributed by atoms with Crippen LogP contribution in [0.3, 0.4) is 0 Å². The molecule has 0 bridgehead atoms. The monoisotopic (exact) mass is 619 g/mol. The van der Waals surface area contributed by atoms with Gasteiger partial charge in [0, 0.05) is 58.3 Å². The lowest BCUT2D eigenvalue weighted by Gasteiger charge is -2.23. The molecule has 10 heteroatoms. The zero-order valence-electron chi connectivity index (χ0n) is 25.6. The standard InChI is InChI=1S/C36H34FN5O4/c1-21(18-40-34(43)24-15-23-5-3-14-39-31(23)30(16-24)46-27-11-12-27)29-17-28-33(32(42-29)22-7-9-25(37)10-8-22)45-20-36(28,2)35(44)41-19-26-6-4-13-38-26/h3-10,13-17,21,27,38H,11-12,18-20H2,1-2H3,(H,40,43)(H,41,44)/t21-,36+/m1/s1. The van der Waals surface area contributed by atoms with Gasteiger partial charge < -0.3 is 25.1 Å². The van der Waals surface area contributed by atoms with Gasteiger partial charge in [0.25, 0.3) is 5.91 Å². The Kier molecular flexibility index (Phi) is 7.64. The molecule has 234 valence electrons. The Bertz CT molecular complexity index is 1920. The van der Waals surface area contributed by atoms with Crippen molar-refractivity contribution in [3.05, 3.63) is 107 Å². The van der Waals surface area contributed by atoms with Gasteiger partial charge in [-0.1, -0.05) is 13.0 Å². The zero-order chi connectivity index (χ0) is 31.8. The second-order valence-electron chi connectivity index (χ2n) is 12.3. The third kappa shape index (κ3) is 5.78. The third-order valence-corrected chi connectivity index (χ3v) is 8.64. The van der Waals surface area contributed by atoms with Crippen molar-refractivity contribution in [2.45, 2.75) is 50.7 Å². The average Bonchev–Trinajstić information content (AvgIpc) is 3.60. The molecule has 2 aromatic carbocycles. The van der Waals surface area contributed by atoms with Crippen molar-refractivity contribution in [3.8, 4) is 22.8 Å². The maximum atomic E-state index is 13.8. The molecule has 1 fully saturated rings. The lowest BCUT2D eigenvalue weighted by molar-refractivity contribution is -0.126. The van der Waals surface area contributed by atoms with Crippen LogP contribution in [-0.4, -0.2) is 46.0 Å². The fourth-order valence-corrected chi connectivity index (χ4v) is 5.69. The van der Waals surface area contributed by atoms with Gasteiger partial charge in [0.1, 0.15) is 40.5 Å². The minimum Gasteiger partial charge on any atom is -0.489 e. The van der Waals surface area contributed by atoms with E-state index in [0.717, 1.165) is 29.4 Å². The van der Waals surface area contributed by atoms with Crippen molar-refractivity contribution in [1.82, 2.24) is 25.6 Å². The fraction of sp³-hybridized carbons (Fsp3) is 0.278. The number of hydrogen-bond donors (Lipinski definition) is 3. The van der Waals surface area contributed by atoms with E-state index >= 15 is 0 Å². The first-order valence-corrected chi connectivity index (χ1v) is 15.5.